The van der Waals surface area contributed by atoms with Crippen molar-refractivity contribution in [1.29, 1.82) is 0 Å². The molecule has 0 heteroatoms. The molecule has 0 spiro atoms. The van der Waals surface area contributed by atoms with E-state index in [1.165, 1.54) is 33.0 Å². The fourth-order valence-electron chi connectivity index (χ4n) is 2.78. The number of aryl methyl sites for hydroxylation is 4. The molecule has 20 heavy (non-hydrogen) atoms. The summed E-state index contributed by atoms with van der Waals surface area (Å²) in [4.78, 5) is 0. The lowest BCUT2D eigenvalue weighted by molar-refractivity contribution is 0.968. The highest BCUT2D eigenvalue weighted by molar-refractivity contribution is 5.88. The molecular weight excluding hydrogens is 240 g/mol. The minimum atomic E-state index is 1.10. The molecule has 0 nitrogen and oxygen atoms in total. The number of hydrogen-bond donors (Lipinski definition) is 0. The van der Waals surface area contributed by atoms with Crippen LogP contribution in [0.25, 0.3) is 10.8 Å². The van der Waals surface area contributed by atoms with E-state index in [2.05, 4.69) is 74.5 Å². The minimum Gasteiger partial charge on any atom is -0.0614 e. The van der Waals surface area contributed by atoms with E-state index in [1.54, 1.807) is 0 Å². The van der Waals surface area contributed by atoms with E-state index in [0.717, 1.165) is 12.8 Å². The lowest BCUT2D eigenvalue weighted by Crippen LogP contribution is -1.93. The smallest absolute Gasteiger partial charge is 0.0149 e. The second kappa shape index (κ2) is 5.50. The Kier molecular flexibility index (Phi) is 3.56. The Morgan fingerprint density at radius 3 is 2.15 bits per heavy atom. The molecule has 0 saturated carbocycles. The van der Waals surface area contributed by atoms with Gasteiger partial charge in [0.05, 0.1) is 0 Å². The van der Waals surface area contributed by atoms with Gasteiger partial charge < -0.3 is 0 Å². The molecule has 0 heterocycles. The largest absolute Gasteiger partial charge is 0.0614 e. The Morgan fingerprint density at radius 2 is 1.35 bits per heavy atom. The summed E-state index contributed by atoms with van der Waals surface area (Å²) in [5, 5.41) is 2.79. The third-order valence-corrected chi connectivity index (χ3v) is 4.03. The summed E-state index contributed by atoms with van der Waals surface area (Å²) in [5.74, 6) is 0. The van der Waals surface area contributed by atoms with Gasteiger partial charge in [-0.05, 0) is 54.2 Å². The zero-order chi connectivity index (χ0) is 13.9. The molecule has 3 aromatic rings. The fourth-order valence-corrected chi connectivity index (χ4v) is 2.78. The van der Waals surface area contributed by atoms with Crippen LogP contribution in [0.2, 0.25) is 0 Å². The van der Waals surface area contributed by atoms with Gasteiger partial charge in [-0.25, -0.2) is 0 Å². The van der Waals surface area contributed by atoms with Gasteiger partial charge in [0.25, 0.3) is 0 Å². The normalized spacial score (nSPS) is 10.9. The van der Waals surface area contributed by atoms with E-state index in [-0.39, 0.29) is 0 Å². The van der Waals surface area contributed by atoms with Crippen molar-refractivity contribution in [2.75, 3.05) is 0 Å². The van der Waals surface area contributed by atoms with Gasteiger partial charge in [-0.15, -0.1) is 0 Å². The first-order valence-electron chi connectivity index (χ1n) is 7.27. The van der Waals surface area contributed by atoms with E-state index in [4.69, 9.17) is 0 Å². The Morgan fingerprint density at radius 1 is 0.650 bits per heavy atom. The van der Waals surface area contributed by atoms with Crippen molar-refractivity contribution in [2.45, 2.75) is 26.7 Å². The van der Waals surface area contributed by atoms with Crippen LogP contribution < -0.4 is 0 Å². The lowest BCUT2D eigenvalue weighted by Gasteiger charge is -2.09. The molecule has 3 aromatic carbocycles. The molecule has 0 aliphatic rings. The van der Waals surface area contributed by atoms with Gasteiger partial charge in [0.1, 0.15) is 0 Å². The van der Waals surface area contributed by atoms with E-state index in [1.807, 2.05) is 0 Å². The molecule has 0 unspecified atom stereocenters. The maximum Gasteiger partial charge on any atom is -0.0149 e. The summed E-state index contributed by atoms with van der Waals surface area (Å²) in [6.45, 7) is 4.32. The maximum absolute atomic E-state index is 2.26. The second-order valence-electron chi connectivity index (χ2n) is 5.57. The lowest BCUT2D eigenvalue weighted by atomic mass is 9.96. The van der Waals surface area contributed by atoms with Crippen LogP contribution in [0.15, 0.2) is 60.7 Å². The monoisotopic (exact) mass is 260 g/mol. The van der Waals surface area contributed by atoms with Crippen LogP contribution >= 0.6 is 0 Å². The van der Waals surface area contributed by atoms with Crippen LogP contribution in [0.5, 0.6) is 0 Å². The summed E-state index contributed by atoms with van der Waals surface area (Å²) < 4.78 is 0. The predicted molar refractivity (Wildman–Crippen MR) is 87.3 cm³/mol. The van der Waals surface area contributed by atoms with Crippen molar-refractivity contribution in [3.05, 3.63) is 82.9 Å². The third kappa shape index (κ3) is 2.60. The first kappa shape index (κ1) is 12.9. The van der Waals surface area contributed by atoms with E-state index < -0.39 is 0 Å². The summed E-state index contributed by atoms with van der Waals surface area (Å²) >= 11 is 0. The summed E-state index contributed by atoms with van der Waals surface area (Å²) in [6, 6.07) is 22.1. The minimum absolute atomic E-state index is 1.10. The Bertz CT molecular complexity index is 721. The Balaban J connectivity index is 1.88. The van der Waals surface area contributed by atoms with Crippen LogP contribution in [0.1, 0.15) is 22.3 Å². The highest BCUT2D eigenvalue weighted by atomic mass is 14.1. The quantitative estimate of drug-likeness (QED) is 0.604. The topological polar surface area (TPSA) is 0 Å². The average Bonchev–Trinajstić information content (AvgIpc) is 2.47. The van der Waals surface area contributed by atoms with Gasteiger partial charge >= 0.3 is 0 Å². The van der Waals surface area contributed by atoms with Crippen LogP contribution in [0.3, 0.4) is 0 Å². The molecule has 100 valence electrons. The summed E-state index contributed by atoms with van der Waals surface area (Å²) in [5.41, 5.74) is 5.56. The molecule has 0 aliphatic carbocycles. The fraction of sp³-hybridized carbons (Fsp3) is 0.200. The summed E-state index contributed by atoms with van der Waals surface area (Å²) in [7, 11) is 0. The van der Waals surface area contributed by atoms with Crippen LogP contribution in [0, 0.1) is 13.8 Å². The van der Waals surface area contributed by atoms with E-state index in [9.17, 15) is 0 Å². The molecule has 3 rings (SSSR count). The molecular formula is C20H20. The number of fused-ring (bicyclic) bond motifs is 1. The standard InChI is InChI=1S/C20H20/c1-15-9-11-17(12-10-15)13-14-18-6-4-7-19-16(2)5-3-8-20(18)19/h3-12H,13-14H2,1-2H3. The summed E-state index contributed by atoms with van der Waals surface area (Å²) in [6.07, 6.45) is 2.21. The molecule has 0 aromatic heterocycles. The van der Waals surface area contributed by atoms with Crippen molar-refractivity contribution in [3.8, 4) is 0 Å². The molecule has 0 N–H and O–H groups in total. The first-order chi connectivity index (χ1) is 9.74. The van der Waals surface area contributed by atoms with Gasteiger partial charge in [0.15, 0.2) is 0 Å². The van der Waals surface area contributed by atoms with Crippen molar-refractivity contribution in [2.24, 2.45) is 0 Å². The zero-order valence-corrected chi connectivity index (χ0v) is 12.2. The van der Waals surface area contributed by atoms with E-state index in [0.29, 0.717) is 0 Å². The van der Waals surface area contributed by atoms with Crippen molar-refractivity contribution >= 4 is 10.8 Å². The molecule has 0 saturated heterocycles. The zero-order valence-electron chi connectivity index (χ0n) is 12.2. The van der Waals surface area contributed by atoms with Gasteiger partial charge in [-0.2, -0.15) is 0 Å². The van der Waals surface area contributed by atoms with Crippen LogP contribution in [-0.4, -0.2) is 0 Å². The highest BCUT2D eigenvalue weighted by Crippen LogP contribution is 2.23. The molecule has 0 atom stereocenters. The van der Waals surface area contributed by atoms with Crippen LogP contribution in [0.4, 0.5) is 0 Å². The molecule has 0 amide bonds. The average molecular weight is 260 g/mol. The number of rotatable bonds is 3. The third-order valence-electron chi connectivity index (χ3n) is 4.03. The van der Waals surface area contributed by atoms with Crippen molar-refractivity contribution in [1.82, 2.24) is 0 Å². The highest BCUT2D eigenvalue weighted by Gasteiger charge is 2.03. The Labute approximate surface area is 121 Å². The van der Waals surface area contributed by atoms with Gasteiger partial charge in [0.2, 0.25) is 0 Å². The SMILES string of the molecule is Cc1ccc(CCc2cccc3c(C)cccc23)cc1. The van der Waals surface area contributed by atoms with Crippen molar-refractivity contribution in [3.63, 3.8) is 0 Å². The second-order valence-corrected chi connectivity index (χ2v) is 5.57. The van der Waals surface area contributed by atoms with Crippen molar-refractivity contribution < 1.29 is 0 Å². The molecule has 0 fully saturated rings. The van der Waals surface area contributed by atoms with Crippen LogP contribution in [-0.2, 0) is 12.8 Å². The first-order valence-corrected chi connectivity index (χ1v) is 7.27. The molecule has 0 aliphatic heterocycles. The number of hydrogen-bond acceptors (Lipinski definition) is 0. The molecule has 0 radical (unpaired) electrons. The maximum atomic E-state index is 2.26. The Hall–Kier alpha value is -2.08. The van der Waals surface area contributed by atoms with Gasteiger partial charge in [0, 0.05) is 0 Å². The van der Waals surface area contributed by atoms with Gasteiger partial charge in [-0.1, -0.05) is 66.2 Å². The van der Waals surface area contributed by atoms with E-state index >= 15 is 0 Å². The number of benzene rings is 3. The predicted octanol–water partition coefficient (Wildman–Crippen LogP) is 5.24. The van der Waals surface area contributed by atoms with Gasteiger partial charge in [-0.3, -0.25) is 0 Å². The molecule has 0 bridgehead atoms.